The van der Waals surface area contributed by atoms with Gasteiger partial charge in [-0.1, -0.05) is 17.7 Å². The Morgan fingerprint density at radius 2 is 2.17 bits per heavy atom. The fraction of sp³-hybridized carbons (Fsp3) is 0.476. The number of rotatable bonds is 4. The van der Waals surface area contributed by atoms with Gasteiger partial charge in [-0.05, 0) is 38.0 Å². The molecule has 2 aliphatic rings. The third-order valence-corrected chi connectivity index (χ3v) is 7.27. The van der Waals surface area contributed by atoms with Crippen LogP contribution in [0.5, 0.6) is 0 Å². The Labute approximate surface area is 185 Å². The zero-order chi connectivity index (χ0) is 21.4. The van der Waals surface area contributed by atoms with Crippen molar-refractivity contribution in [3.8, 4) is 0 Å². The molecule has 9 heteroatoms. The van der Waals surface area contributed by atoms with Crippen molar-refractivity contribution in [1.29, 1.82) is 0 Å². The number of nitrogens with two attached hydrogens (primary N) is 1. The van der Waals surface area contributed by atoms with E-state index in [1.165, 1.54) is 17.7 Å². The summed E-state index contributed by atoms with van der Waals surface area (Å²) in [7, 11) is 0. The summed E-state index contributed by atoms with van der Waals surface area (Å²) < 4.78 is 13.7. The lowest BCUT2D eigenvalue weighted by atomic mass is 10.0. The average molecular weight is 450 g/mol. The maximum atomic E-state index is 13.7. The Balaban J connectivity index is 1.42. The highest BCUT2D eigenvalue weighted by Crippen LogP contribution is 2.44. The number of piperazine rings is 1. The number of carbonyl (C=O) groups is 1. The summed E-state index contributed by atoms with van der Waals surface area (Å²) in [5.74, 6) is 1.28. The number of aromatic nitrogens is 2. The van der Waals surface area contributed by atoms with E-state index in [-0.39, 0.29) is 23.4 Å². The smallest absolute Gasteiger partial charge is 0.239 e. The Kier molecular flexibility index (Phi) is 6.18. The summed E-state index contributed by atoms with van der Waals surface area (Å²) in [6.45, 7) is 6.12. The maximum absolute atomic E-state index is 13.7. The van der Waals surface area contributed by atoms with Gasteiger partial charge >= 0.3 is 0 Å². The highest BCUT2D eigenvalue weighted by Gasteiger charge is 2.34. The van der Waals surface area contributed by atoms with Crippen LogP contribution < -0.4 is 10.6 Å². The van der Waals surface area contributed by atoms with Gasteiger partial charge in [0.2, 0.25) is 5.91 Å². The Bertz CT molecular complexity index is 961. The monoisotopic (exact) mass is 449 g/mol. The van der Waals surface area contributed by atoms with Gasteiger partial charge < -0.3 is 15.5 Å². The molecule has 0 aliphatic carbocycles. The van der Waals surface area contributed by atoms with Crippen LogP contribution in [0, 0.1) is 5.82 Å². The maximum Gasteiger partial charge on any atom is 0.239 e. The highest BCUT2D eigenvalue weighted by atomic mass is 35.5. The van der Waals surface area contributed by atoms with E-state index in [2.05, 4.69) is 28.7 Å². The molecule has 2 unspecified atom stereocenters. The lowest BCUT2D eigenvalue weighted by Crippen LogP contribution is -2.57. The van der Waals surface area contributed by atoms with E-state index < -0.39 is 11.9 Å². The fourth-order valence-corrected chi connectivity index (χ4v) is 5.35. The van der Waals surface area contributed by atoms with Gasteiger partial charge in [0.25, 0.3) is 0 Å². The van der Waals surface area contributed by atoms with Gasteiger partial charge in [-0.15, -0.1) is 11.8 Å². The molecule has 1 amide bonds. The van der Waals surface area contributed by atoms with Crippen LogP contribution in [0.1, 0.15) is 35.9 Å². The molecule has 2 aliphatic heterocycles. The molecule has 0 bridgehead atoms. The standard InChI is InChI=1S/C21H25ClFN5OS/c1-12-9-27(21(29)17(24)8-14-3-4-15(22)16(23)7-14)5-6-28(12)20-19-13(2)30-10-18(19)25-11-26-20/h3-4,7,11-13,17H,5-6,8-10,24H2,1-2H3/t12?,13-,17?/m0/s1. The molecule has 1 saturated heterocycles. The number of anilines is 1. The zero-order valence-electron chi connectivity index (χ0n) is 17.0. The number of thioether (sulfide) groups is 1. The summed E-state index contributed by atoms with van der Waals surface area (Å²) in [5.41, 5.74) is 9.16. The number of halogens is 2. The highest BCUT2D eigenvalue weighted by molar-refractivity contribution is 7.99. The lowest BCUT2D eigenvalue weighted by Gasteiger charge is -2.42. The van der Waals surface area contributed by atoms with Crippen LogP contribution in [-0.2, 0) is 17.0 Å². The molecule has 160 valence electrons. The van der Waals surface area contributed by atoms with E-state index in [1.54, 1.807) is 17.3 Å². The number of nitrogens with zero attached hydrogens (tertiary/aromatic N) is 4. The van der Waals surface area contributed by atoms with Crippen molar-refractivity contribution >= 4 is 35.1 Å². The second kappa shape index (κ2) is 8.69. The van der Waals surface area contributed by atoms with Crippen molar-refractivity contribution < 1.29 is 9.18 Å². The zero-order valence-corrected chi connectivity index (χ0v) is 18.6. The van der Waals surface area contributed by atoms with Gasteiger partial charge in [0.1, 0.15) is 18.0 Å². The van der Waals surface area contributed by atoms with Gasteiger partial charge in [0.15, 0.2) is 0 Å². The number of carbonyl (C=O) groups excluding carboxylic acids is 1. The van der Waals surface area contributed by atoms with Gasteiger partial charge in [-0.25, -0.2) is 14.4 Å². The summed E-state index contributed by atoms with van der Waals surface area (Å²) >= 11 is 7.60. The second-order valence-corrected chi connectivity index (χ2v) is 9.63. The summed E-state index contributed by atoms with van der Waals surface area (Å²) in [6, 6.07) is 3.92. The first-order valence-electron chi connectivity index (χ1n) is 10.1. The van der Waals surface area contributed by atoms with E-state index in [0.29, 0.717) is 30.4 Å². The quantitative estimate of drug-likeness (QED) is 0.772. The SMILES string of the molecule is CC1CN(C(=O)C(N)Cc2ccc(Cl)c(F)c2)CCN1c1ncnc2c1[C@H](C)SC2. The summed E-state index contributed by atoms with van der Waals surface area (Å²) in [5, 5.41) is 0.434. The lowest BCUT2D eigenvalue weighted by molar-refractivity contribution is -0.133. The summed E-state index contributed by atoms with van der Waals surface area (Å²) in [4.78, 5) is 26.0. The van der Waals surface area contributed by atoms with Crippen LogP contribution >= 0.6 is 23.4 Å². The first-order chi connectivity index (χ1) is 14.3. The van der Waals surface area contributed by atoms with Gasteiger partial charge in [0.05, 0.1) is 16.8 Å². The third kappa shape index (κ3) is 4.13. The molecule has 4 rings (SSSR count). The van der Waals surface area contributed by atoms with Crippen LogP contribution in [0.4, 0.5) is 10.2 Å². The van der Waals surface area contributed by atoms with Crippen molar-refractivity contribution in [1.82, 2.24) is 14.9 Å². The number of amides is 1. The van der Waals surface area contributed by atoms with E-state index in [0.717, 1.165) is 17.3 Å². The molecule has 0 saturated carbocycles. The van der Waals surface area contributed by atoms with E-state index in [4.69, 9.17) is 17.3 Å². The molecule has 2 N–H and O–H groups in total. The molecular formula is C21H25ClFN5OS. The minimum Gasteiger partial charge on any atom is -0.350 e. The Morgan fingerprint density at radius 1 is 1.37 bits per heavy atom. The van der Waals surface area contributed by atoms with Gasteiger partial charge in [-0.3, -0.25) is 4.79 Å². The molecule has 2 aromatic rings. The predicted molar refractivity (Wildman–Crippen MR) is 118 cm³/mol. The Hall–Kier alpha value is -1.90. The number of benzene rings is 1. The third-order valence-electron chi connectivity index (χ3n) is 5.79. The van der Waals surface area contributed by atoms with Crippen LogP contribution in [0.3, 0.4) is 0 Å². The molecule has 6 nitrogen and oxygen atoms in total. The van der Waals surface area contributed by atoms with Crippen LogP contribution in [0.15, 0.2) is 24.5 Å². The first kappa shape index (κ1) is 21.3. The van der Waals surface area contributed by atoms with Crippen molar-refractivity contribution in [2.45, 2.75) is 43.4 Å². The largest absolute Gasteiger partial charge is 0.350 e. The number of fused-ring (bicyclic) bond motifs is 1. The molecule has 1 aromatic heterocycles. The average Bonchev–Trinajstić information content (AvgIpc) is 3.11. The van der Waals surface area contributed by atoms with Crippen LogP contribution in [0.2, 0.25) is 5.02 Å². The second-order valence-electron chi connectivity index (χ2n) is 7.90. The molecule has 3 heterocycles. The normalized spacial score (nSPS) is 22.2. The van der Waals surface area contributed by atoms with Gasteiger partial charge in [-0.2, -0.15) is 0 Å². The molecule has 1 aromatic carbocycles. The number of hydrogen-bond donors (Lipinski definition) is 1. The Morgan fingerprint density at radius 3 is 2.90 bits per heavy atom. The van der Waals surface area contributed by atoms with Crippen LogP contribution in [-0.4, -0.2) is 52.5 Å². The minimum absolute atomic E-state index is 0.0625. The van der Waals surface area contributed by atoms with Crippen molar-refractivity contribution in [2.75, 3.05) is 24.5 Å². The molecule has 0 spiro atoms. The van der Waals surface area contributed by atoms with Gasteiger partial charge in [0, 0.05) is 42.2 Å². The minimum atomic E-state index is -0.718. The van der Waals surface area contributed by atoms with Crippen molar-refractivity contribution in [3.63, 3.8) is 0 Å². The van der Waals surface area contributed by atoms with Crippen molar-refractivity contribution in [3.05, 3.63) is 52.2 Å². The molecule has 0 radical (unpaired) electrons. The van der Waals surface area contributed by atoms with E-state index in [9.17, 15) is 9.18 Å². The number of hydrogen-bond acceptors (Lipinski definition) is 6. The fourth-order valence-electron chi connectivity index (χ4n) is 4.18. The molecular weight excluding hydrogens is 425 g/mol. The van der Waals surface area contributed by atoms with E-state index in [1.807, 2.05) is 11.8 Å². The predicted octanol–water partition coefficient (Wildman–Crippen LogP) is 3.18. The molecule has 30 heavy (non-hydrogen) atoms. The van der Waals surface area contributed by atoms with E-state index >= 15 is 0 Å². The van der Waals surface area contributed by atoms with Crippen LogP contribution in [0.25, 0.3) is 0 Å². The topological polar surface area (TPSA) is 75.3 Å². The summed E-state index contributed by atoms with van der Waals surface area (Å²) in [6.07, 6.45) is 1.91. The molecule has 3 atom stereocenters. The first-order valence-corrected chi connectivity index (χ1v) is 11.5. The van der Waals surface area contributed by atoms with Crippen molar-refractivity contribution in [2.24, 2.45) is 5.73 Å². The molecule has 1 fully saturated rings.